The van der Waals surface area contributed by atoms with Crippen LogP contribution in [0.25, 0.3) is 0 Å². The molecule has 0 aliphatic carbocycles. The van der Waals surface area contributed by atoms with Crippen molar-refractivity contribution >= 4 is 11.7 Å². The summed E-state index contributed by atoms with van der Waals surface area (Å²) in [6.07, 6.45) is -2.62. The molecule has 0 bridgehead atoms. The van der Waals surface area contributed by atoms with Gasteiger partial charge in [-0.05, 0) is 43.7 Å². The maximum atomic E-state index is 12.8. The van der Waals surface area contributed by atoms with Crippen LogP contribution in [0.1, 0.15) is 37.1 Å². The van der Waals surface area contributed by atoms with E-state index in [9.17, 15) is 18.0 Å². The summed E-state index contributed by atoms with van der Waals surface area (Å²) in [7, 11) is 0. The normalized spacial score (nSPS) is 16.2. The summed E-state index contributed by atoms with van der Waals surface area (Å²) in [6.45, 7) is 4.06. The highest BCUT2D eigenvalue weighted by Gasteiger charge is 2.31. The Bertz CT molecular complexity index is 883. The summed E-state index contributed by atoms with van der Waals surface area (Å²) in [6, 6.07) is 9.87. The molecule has 0 saturated carbocycles. The molecule has 2 amide bonds. The third-order valence-corrected chi connectivity index (χ3v) is 4.47. The number of benzene rings is 1. The largest absolute Gasteiger partial charge is 0.416 e. The lowest BCUT2D eigenvalue weighted by molar-refractivity contribution is -0.137. The Morgan fingerprint density at radius 2 is 1.97 bits per heavy atom. The van der Waals surface area contributed by atoms with Crippen molar-refractivity contribution in [3.63, 3.8) is 0 Å². The summed E-state index contributed by atoms with van der Waals surface area (Å²) in [5, 5.41) is 6.89. The van der Waals surface area contributed by atoms with Gasteiger partial charge in [0, 0.05) is 25.2 Å². The van der Waals surface area contributed by atoms with E-state index in [1.807, 2.05) is 26.0 Å². The topological polar surface area (TPSA) is 66.8 Å². The maximum absolute atomic E-state index is 12.8. The van der Waals surface area contributed by atoms with E-state index >= 15 is 0 Å². The average molecular weight is 420 g/mol. The summed E-state index contributed by atoms with van der Waals surface area (Å²) in [5.74, 6) is 0. The third kappa shape index (κ3) is 5.71. The predicted molar refractivity (Wildman–Crippen MR) is 106 cm³/mol. The molecule has 9 heteroatoms. The molecular formula is C21H23F3N4O2. The van der Waals surface area contributed by atoms with E-state index in [1.54, 1.807) is 12.3 Å². The van der Waals surface area contributed by atoms with Crippen molar-refractivity contribution in [3.8, 4) is 0 Å². The number of urea groups is 1. The first-order chi connectivity index (χ1) is 14.2. The number of carbonyl (C=O) groups is 1. The van der Waals surface area contributed by atoms with E-state index in [0.717, 1.165) is 12.1 Å². The highest BCUT2D eigenvalue weighted by Crippen LogP contribution is 2.29. The van der Waals surface area contributed by atoms with Crippen LogP contribution in [0.15, 0.2) is 53.8 Å². The number of hydrogen-bond acceptors (Lipinski definition) is 4. The maximum Gasteiger partial charge on any atom is 0.416 e. The molecule has 1 atom stereocenters. The second-order valence-electron chi connectivity index (χ2n) is 7.36. The van der Waals surface area contributed by atoms with Crippen molar-refractivity contribution in [1.29, 1.82) is 0 Å². The van der Waals surface area contributed by atoms with Crippen LogP contribution in [0.4, 0.5) is 18.0 Å². The van der Waals surface area contributed by atoms with Crippen molar-refractivity contribution in [1.82, 2.24) is 15.2 Å². The second-order valence-corrected chi connectivity index (χ2v) is 7.36. The number of nitrogens with zero attached hydrogens (tertiary/aromatic N) is 3. The van der Waals surface area contributed by atoms with Gasteiger partial charge in [-0.15, -0.1) is 0 Å². The number of halogens is 3. The Balaban J connectivity index is 1.68. The van der Waals surface area contributed by atoms with Gasteiger partial charge in [0.2, 0.25) is 0 Å². The Morgan fingerprint density at radius 1 is 1.23 bits per heavy atom. The van der Waals surface area contributed by atoms with Gasteiger partial charge in [-0.2, -0.15) is 13.2 Å². The number of rotatable bonds is 6. The number of carbonyl (C=O) groups excluding carboxylic acids is 1. The minimum Gasteiger partial charge on any atom is -0.390 e. The van der Waals surface area contributed by atoms with E-state index < -0.39 is 11.7 Å². The van der Waals surface area contributed by atoms with Gasteiger partial charge in [0.25, 0.3) is 0 Å². The van der Waals surface area contributed by atoms with Crippen molar-refractivity contribution in [2.24, 2.45) is 5.16 Å². The van der Waals surface area contributed by atoms with Crippen molar-refractivity contribution in [2.45, 2.75) is 45.1 Å². The molecule has 0 radical (unpaired) electrons. The lowest BCUT2D eigenvalue weighted by Gasteiger charge is -2.26. The number of nitrogens with one attached hydrogen (secondary N) is 1. The molecule has 2 heterocycles. The zero-order valence-corrected chi connectivity index (χ0v) is 16.7. The van der Waals surface area contributed by atoms with Crippen LogP contribution in [-0.4, -0.2) is 40.3 Å². The van der Waals surface area contributed by atoms with Crippen LogP contribution < -0.4 is 5.32 Å². The summed E-state index contributed by atoms with van der Waals surface area (Å²) in [5.41, 5.74) is 1.27. The number of amides is 2. The highest BCUT2D eigenvalue weighted by molar-refractivity contribution is 5.99. The van der Waals surface area contributed by atoms with Crippen LogP contribution in [0.3, 0.4) is 0 Å². The first-order valence-electron chi connectivity index (χ1n) is 9.58. The van der Waals surface area contributed by atoms with Crippen LogP contribution in [0.2, 0.25) is 0 Å². The van der Waals surface area contributed by atoms with Gasteiger partial charge < -0.3 is 15.1 Å². The van der Waals surface area contributed by atoms with Crippen LogP contribution in [0.5, 0.6) is 0 Å². The lowest BCUT2D eigenvalue weighted by atomic mass is 10.1. The number of hydrogen-bond donors (Lipinski definition) is 1. The van der Waals surface area contributed by atoms with Crippen molar-refractivity contribution in [2.75, 3.05) is 6.54 Å². The van der Waals surface area contributed by atoms with E-state index in [1.165, 1.54) is 17.0 Å². The van der Waals surface area contributed by atoms with E-state index in [4.69, 9.17) is 4.84 Å². The van der Waals surface area contributed by atoms with Crippen LogP contribution >= 0.6 is 0 Å². The standard InChI is InChI=1S/C21H23F3N4O2/c1-14(2)26-20(29)28(12-15-6-8-16(9-7-15)21(22,23)24)13-17-11-19(27-30-17)18-5-3-4-10-25-18/h3-10,14,17H,11-13H2,1-2H3,(H,26,29). The molecule has 160 valence electrons. The van der Waals surface area contributed by atoms with Gasteiger partial charge in [-0.25, -0.2) is 4.79 Å². The molecule has 1 unspecified atom stereocenters. The third-order valence-electron chi connectivity index (χ3n) is 4.47. The Hall–Kier alpha value is -3.10. The molecule has 1 aliphatic rings. The SMILES string of the molecule is CC(C)NC(=O)N(Cc1ccc(C(F)(F)F)cc1)CC1CC(c2ccccn2)=NO1. The minimum absolute atomic E-state index is 0.0857. The Labute approximate surface area is 172 Å². The zero-order valence-electron chi connectivity index (χ0n) is 16.7. The van der Waals surface area contributed by atoms with Crippen molar-refractivity contribution < 1.29 is 22.8 Å². The Morgan fingerprint density at radius 3 is 2.57 bits per heavy atom. The molecule has 0 fully saturated rings. The van der Waals surface area contributed by atoms with E-state index in [2.05, 4.69) is 15.5 Å². The fourth-order valence-corrected chi connectivity index (χ4v) is 3.03. The second kappa shape index (κ2) is 9.15. The van der Waals surface area contributed by atoms with Gasteiger partial charge in [-0.1, -0.05) is 23.4 Å². The van der Waals surface area contributed by atoms with Gasteiger partial charge in [0.15, 0.2) is 6.10 Å². The fraction of sp³-hybridized carbons (Fsp3) is 0.381. The Kier molecular flexibility index (Phi) is 6.59. The molecule has 0 saturated heterocycles. The average Bonchev–Trinajstić information content (AvgIpc) is 3.16. The molecule has 2 aromatic rings. The highest BCUT2D eigenvalue weighted by atomic mass is 19.4. The first kappa shape index (κ1) is 21.6. The summed E-state index contributed by atoms with van der Waals surface area (Å²) in [4.78, 5) is 23.9. The summed E-state index contributed by atoms with van der Waals surface area (Å²) >= 11 is 0. The number of aromatic nitrogens is 1. The van der Waals surface area contributed by atoms with Gasteiger partial charge in [-0.3, -0.25) is 4.98 Å². The molecule has 6 nitrogen and oxygen atoms in total. The van der Waals surface area contributed by atoms with Gasteiger partial charge >= 0.3 is 12.2 Å². The molecule has 1 aromatic heterocycles. The number of oxime groups is 1. The number of alkyl halides is 3. The first-order valence-corrected chi connectivity index (χ1v) is 9.58. The quantitative estimate of drug-likeness (QED) is 0.761. The van der Waals surface area contributed by atoms with Gasteiger partial charge in [0.1, 0.15) is 5.71 Å². The smallest absolute Gasteiger partial charge is 0.390 e. The van der Waals surface area contributed by atoms with E-state index in [-0.39, 0.29) is 31.3 Å². The van der Waals surface area contributed by atoms with Crippen LogP contribution in [0, 0.1) is 0 Å². The fourth-order valence-electron chi connectivity index (χ4n) is 3.03. The molecule has 1 aromatic carbocycles. The van der Waals surface area contributed by atoms with Gasteiger partial charge in [0.05, 0.1) is 17.8 Å². The monoisotopic (exact) mass is 420 g/mol. The molecular weight excluding hydrogens is 397 g/mol. The lowest BCUT2D eigenvalue weighted by Crippen LogP contribution is -2.45. The molecule has 0 spiro atoms. The molecule has 1 N–H and O–H groups in total. The van der Waals surface area contributed by atoms with E-state index in [0.29, 0.717) is 23.4 Å². The predicted octanol–water partition coefficient (Wildman–Crippen LogP) is 4.21. The summed E-state index contributed by atoms with van der Waals surface area (Å²) < 4.78 is 38.4. The minimum atomic E-state index is -4.40. The molecule has 3 rings (SSSR count). The van der Waals surface area contributed by atoms with Crippen LogP contribution in [-0.2, 0) is 17.6 Å². The molecule has 1 aliphatic heterocycles. The van der Waals surface area contributed by atoms with Crippen molar-refractivity contribution in [3.05, 3.63) is 65.5 Å². The zero-order chi connectivity index (χ0) is 21.7. The number of pyridine rings is 1. The molecule has 30 heavy (non-hydrogen) atoms.